The molecule has 124 valence electrons. The first-order valence-corrected chi connectivity index (χ1v) is 8.58. The Hall–Kier alpha value is -3.06. The molecule has 4 rings (SSSR count). The van der Waals surface area contributed by atoms with Crippen molar-refractivity contribution >= 4 is 38.4 Å². The molecule has 25 heavy (non-hydrogen) atoms. The number of aromatic nitrogens is 3. The lowest BCUT2D eigenvalue weighted by Crippen LogP contribution is -2.32. The second-order valence-corrected chi connectivity index (χ2v) is 6.66. The van der Waals surface area contributed by atoms with Crippen LogP contribution >= 0.6 is 11.3 Å². The Balaban J connectivity index is 1.47. The number of thiazole rings is 1. The maximum absolute atomic E-state index is 12.4. The van der Waals surface area contributed by atoms with Crippen molar-refractivity contribution in [3.8, 4) is 0 Å². The zero-order valence-corrected chi connectivity index (χ0v) is 14.0. The molecule has 2 heterocycles. The van der Waals surface area contributed by atoms with Crippen molar-refractivity contribution in [2.24, 2.45) is 0 Å². The summed E-state index contributed by atoms with van der Waals surface area (Å²) in [7, 11) is 0. The maximum Gasteiger partial charge on any atom is 0.261 e. The number of hydrogen-bond acceptors (Lipinski definition) is 5. The zero-order chi connectivity index (χ0) is 17.2. The van der Waals surface area contributed by atoms with E-state index in [1.807, 2.05) is 30.3 Å². The third kappa shape index (κ3) is 3.14. The molecule has 6 nitrogen and oxygen atoms in total. The van der Waals surface area contributed by atoms with Crippen LogP contribution in [0.25, 0.3) is 21.1 Å². The normalized spacial score (nSPS) is 11.0. The van der Waals surface area contributed by atoms with Gasteiger partial charge in [-0.3, -0.25) is 14.2 Å². The highest BCUT2D eigenvalue weighted by molar-refractivity contribution is 7.18. The van der Waals surface area contributed by atoms with E-state index in [4.69, 9.17) is 0 Å². The minimum absolute atomic E-state index is 0.0679. The van der Waals surface area contributed by atoms with E-state index in [0.717, 1.165) is 15.2 Å². The summed E-state index contributed by atoms with van der Waals surface area (Å²) in [5.74, 6) is -0.251. The molecule has 0 aliphatic carbocycles. The van der Waals surface area contributed by atoms with Gasteiger partial charge >= 0.3 is 0 Å². The fourth-order valence-electron chi connectivity index (χ4n) is 2.60. The Bertz CT molecular complexity index is 1100. The number of fused-ring (bicyclic) bond motifs is 2. The molecule has 0 saturated carbocycles. The lowest BCUT2D eigenvalue weighted by molar-refractivity contribution is -0.121. The van der Waals surface area contributed by atoms with Crippen LogP contribution in [0.15, 0.2) is 59.7 Å². The smallest absolute Gasteiger partial charge is 0.261 e. The summed E-state index contributed by atoms with van der Waals surface area (Å²) < 4.78 is 2.40. The number of hydrogen-bond donors (Lipinski definition) is 1. The van der Waals surface area contributed by atoms with Crippen molar-refractivity contribution in [1.29, 1.82) is 0 Å². The molecule has 0 aliphatic rings. The number of nitrogens with one attached hydrogen (secondary N) is 1. The number of rotatable bonds is 4. The minimum atomic E-state index is -0.251. The number of nitrogens with zero attached hydrogens (tertiary/aromatic N) is 3. The van der Waals surface area contributed by atoms with E-state index in [9.17, 15) is 9.59 Å². The Morgan fingerprint density at radius 3 is 2.68 bits per heavy atom. The largest absolute Gasteiger partial charge is 0.348 e. The highest BCUT2D eigenvalue weighted by Crippen LogP contribution is 2.21. The van der Waals surface area contributed by atoms with Crippen molar-refractivity contribution in [3.05, 3.63) is 70.2 Å². The van der Waals surface area contributed by atoms with Gasteiger partial charge in [-0.1, -0.05) is 24.3 Å². The van der Waals surface area contributed by atoms with Gasteiger partial charge in [0.2, 0.25) is 5.91 Å². The van der Waals surface area contributed by atoms with E-state index in [1.165, 1.54) is 10.9 Å². The van der Waals surface area contributed by atoms with Gasteiger partial charge in [-0.05, 0) is 24.3 Å². The third-order valence-electron chi connectivity index (χ3n) is 3.82. The Morgan fingerprint density at radius 1 is 1.08 bits per heavy atom. The molecule has 0 bridgehead atoms. The molecule has 0 atom stereocenters. The van der Waals surface area contributed by atoms with Gasteiger partial charge < -0.3 is 5.32 Å². The second kappa shape index (κ2) is 6.45. The zero-order valence-electron chi connectivity index (χ0n) is 13.2. The first-order valence-electron chi connectivity index (χ1n) is 7.76. The Morgan fingerprint density at radius 2 is 1.84 bits per heavy atom. The first-order chi connectivity index (χ1) is 12.2. The van der Waals surface area contributed by atoms with Crippen molar-refractivity contribution in [1.82, 2.24) is 19.9 Å². The van der Waals surface area contributed by atoms with Gasteiger partial charge in [-0.25, -0.2) is 9.97 Å². The monoisotopic (exact) mass is 350 g/mol. The molecule has 0 radical (unpaired) electrons. The van der Waals surface area contributed by atoms with E-state index in [2.05, 4.69) is 15.3 Å². The van der Waals surface area contributed by atoms with Gasteiger partial charge in [0, 0.05) is 0 Å². The van der Waals surface area contributed by atoms with Crippen LogP contribution in [-0.2, 0) is 17.9 Å². The van der Waals surface area contributed by atoms with E-state index >= 15 is 0 Å². The van der Waals surface area contributed by atoms with Crippen molar-refractivity contribution in [3.63, 3.8) is 0 Å². The summed E-state index contributed by atoms with van der Waals surface area (Å²) in [5.41, 5.74) is 1.33. The maximum atomic E-state index is 12.4. The highest BCUT2D eigenvalue weighted by atomic mass is 32.1. The predicted octanol–water partition coefficient (Wildman–Crippen LogP) is 2.32. The van der Waals surface area contributed by atoms with E-state index in [-0.39, 0.29) is 18.0 Å². The summed E-state index contributed by atoms with van der Waals surface area (Å²) >= 11 is 1.54. The molecule has 4 aromatic rings. The summed E-state index contributed by atoms with van der Waals surface area (Å²) in [6, 6.07) is 14.9. The molecule has 7 heteroatoms. The van der Waals surface area contributed by atoms with Crippen molar-refractivity contribution < 1.29 is 4.79 Å². The van der Waals surface area contributed by atoms with Crippen LogP contribution in [0.3, 0.4) is 0 Å². The Kier molecular flexibility index (Phi) is 3.99. The van der Waals surface area contributed by atoms with Gasteiger partial charge in [0.1, 0.15) is 11.6 Å². The van der Waals surface area contributed by atoms with Crippen LogP contribution < -0.4 is 10.9 Å². The predicted molar refractivity (Wildman–Crippen MR) is 97.5 cm³/mol. The standard InChI is InChI=1S/C18H14N4O2S/c23-16(19-9-17-21-14-7-3-4-8-15(14)25-17)10-22-11-20-13-6-2-1-5-12(13)18(22)24/h1-8,11H,9-10H2,(H,19,23). The van der Waals surface area contributed by atoms with Gasteiger partial charge in [0.25, 0.3) is 5.56 Å². The highest BCUT2D eigenvalue weighted by Gasteiger charge is 2.09. The molecule has 2 aromatic carbocycles. The molecule has 1 N–H and O–H groups in total. The molecule has 0 fully saturated rings. The van der Waals surface area contributed by atoms with Crippen LogP contribution in [0.4, 0.5) is 0 Å². The summed E-state index contributed by atoms with van der Waals surface area (Å²) in [6.07, 6.45) is 1.40. The quantitative estimate of drug-likeness (QED) is 0.613. The number of carbonyl (C=O) groups excluding carboxylic acids is 1. The fraction of sp³-hybridized carbons (Fsp3) is 0.111. The van der Waals surface area contributed by atoms with Crippen LogP contribution in [0.1, 0.15) is 5.01 Å². The number of amides is 1. The number of para-hydroxylation sites is 2. The minimum Gasteiger partial charge on any atom is -0.348 e. The van der Waals surface area contributed by atoms with Gasteiger partial charge in [0.15, 0.2) is 0 Å². The Labute approximate surface area is 146 Å². The van der Waals surface area contributed by atoms with Gasteiger partial charge in [-0.15, -0.1) is 11.3 Å². The lowest BCUT2D eigenvalue weighted by atomic mass is 10.2. The van der Waals surface area contributed by atoms with Gasteiger partial charge in [0.05, 0.1) is 34.0 Å². The molecular formula is C18H14N4O2S. The van der Waals surface area contributed by atoms with E-state index < -0.39 is 0 Å². The van der Waals surface area contributed by atoms with Crippen LogP contribution in [-0.4, -0.2) is 20.4 Å². The molecule has 0 aliphatic heterocycles. The summed E-state index contributed by atoms with van der Waals surface area (Å²) in [6.45, 7) is 0.273. The first kappa shape index (κ1) is 15.5. The van der Waals surface area contributed by atoms with E-state index in [0.29, 0.717) is 17.4 Å². The van der Waals surface area contributed by atoms with Crippen molar-refractivity contribution in [2.45, 2.75) is 13.1 Å². The lowest BCUT2D eigenvalue weighted by Gasteiger charge is -2.07. The average Bonchev–Trinajstić information content (AvgIpc) is 3.06. The topological polar surface area (TPSA) is 76.9 Å². The fourth-order valence-corrected chi connectivity index (χ4v) is 3.51. The van der Waals surface area contributed by atoms with Gasteiger partial charge in [-0.2, -0.15) is 0 Å². The summed E-state index contributed by atoms with van der Waals surface area (Å²) in [5, 5.41) is 4.14. The van der Waals surface area contributed by atoms with Crippen LogP contribution in [0, 0.1) is 0 Å². The third-order valence-corrected chi connectivity index (χ3v) is 4.86. The van der Waals surface area contributed by atoms with Crippen LogP contribution in [0.5, 0.6) is 0 Å². The molecule has 2 aromatic heterocycles. The molecule has 0 spiro atoms. The number of carbonyl (C=O) groups is 1. The van der Waals surface area contributed by atoms with Crippen molar-refractivity contribution in [2.75, 3.05) is 0 Å². The number of benzene rings is 2. The molecule has 1 amide bonds. The molecule has 0 saturated heterocycles. The van der Waals surface area contributed by atoms with E-state index in [1.54, 1.807) is 29.5 Å². The second-order valence-electron chi connectivity index (χ2n) is 5.55. The summed E-state index contributed by atoms with van der Waals surface area (Å²) in [4.78, 5) is 33.2. The van der Waals surface area contributed by atoms with Crippen LogP contribution in [0.2, 0.25) is 0 Å². The average molecular weight is 350 g/mol. The SMILES string of the molecule is O=C(Cn1cnc2ccccc2c1=O)NCc1nc2ccccc2s1. The molecule has 0 unspecified atom stereocenters. The molecular weight excluding hydrogens is 336 g/mol.